The number of hydrogen-bond acceptors (Lipinski definition) is 6. The van der Waals surface area contributed by atoms with Crippen LogP contribution in [0.2, 0.25) is 5.15 Å². The molecule has 0 saturated carbocycles. The van der Waals surface area contributed by atoms with Crippen LogP contribution in [0.25, 0.3) is 0 Å². The van der Waals surface area contributed by atoms with Gasteiger partial charge in [-0.3, -0.25) is 4.72 Å². The molecule has 1 aromatic carbocycles. The van der Waals surface area contributed by atoms with Gasteiger partial charge in [0.25, 0.3) is 15.2 Å². The van der Waals surface area contributed by atoms with Gasteiger partial charge in [-0.2, -0.15) is 0 Å². The van der Waals surface area contributed by atoms with E-state index in [1.807, 2.05) is 0 Å². The van der Waals surface area contributed by atoms with Gasteiger partial charge >= 0.3 is 0 Å². The Kier molecular flexibility index (Phi) is 6.91. The molecule has 0 aliphatic rings. The summed E-state index contributed by atoms with van der Waals surface area (Å²) >= 11 is 10.7. The number of halogens is 1. The lowest BCUT2D eigenvalue weighted by Gasteiger charge is -2.10. The zero-order chi connectivity index (χ0) is 18.3. The van der Waals surface area contributed by atoms with Crippen molar-refractivity contribution in [3.8, 4) is 0 Å². The summed E-state index contributed by atoms with van der Waals surface area (Å²) in [6, 6.07) is 8.95. The number of thiocarbonyl (C=S) groups is 1. The molecule has 0 saturated heterocycles. The predicted molar refractivity (Wildman–Crippen MR) is 101 cm³/mol. The Labute approximate surface area is 156 Å². The van der Waals surface area contributed by atoms with Crippen molar-refractivity contribution in [2.24, 2.45) is 0 Å². The maximum atomic E-state index is 12.3. The fraction of sp³-hybridized carbons (Fsp3) is 0.267. The van der Waals surface area contributed by atoms with E-state index >= 15 is 0 Å². The molecule has 0 amide bonds. The van der Waals surface area contributed by atoms with E-state index in [1.54, 1.807) is 12.1 Å². The zero-order valence-corrected chi connectivity index (χ0v) is 15.8. The highest BCUT2D eigenvalue weighted by atomic mass is 35.5. The Hall–Kier alpha value is -1.97. The minimum atomic E-state index is -3.78. The van der Waals surface area contributed by atoms with Gasteiger partial charge in [-0.1, -0.05) is 24.9 Å². The first-order valence-corrected chi connectivity index (χ1v) is 9.73. The summed E-state index contributed by atoms with van der Waals surface area (Å²) in [7, 11) is -3.78. The number of nitrogens with zero attached hydrogens (tertiary/aromatic N) is 2. The quantitative estimate of drug-likeness (QED) is 0.543. The third-order valence-electron chi connectivity index (χ3n) is 3.01. The van der Waals surface area contributed by atoms with Gasteiger partial charge in [-0.25, -0.2) is 8.42 Å². The topological polar surface area (TPSA) is 93.2 Å². The Bertz CT molecular complexity index is 812. The average Bonchev–Trinajstić information content (AvgIpc) is 2.57. The van der Waals surface area contributed by atoms with Gasteiger partial charge in [0.15, 0.2) is 11.0 Å². The number of rotatable bonds is 7. The molecule has 0 fully saturated rings. The summed E-state index contributed by atoms with van der Waals surface area (Å²) in [6.45, 7) is 2.60. The van der Waals surface area contributed by atoms with Crippen molar-refractivity contribution in [1.82, 2.24) is 10.2 Å². The lowest BCUT2D eigenvalue weighted by molar-refractivity contribution is 0.304. The van der Waals surface area contributed by atoms with Crippen LogP contribution in [0.15, 0.2) is 41.3 Å². The van der Waals surface area contributed by atoms with Crippen molar-refractivity contribution < 1.29 is 13.2 Å². The molecule has 134 valence electrons. The van der Waals surface area contributed by atoms with Crippen LogP contribution < -0.4 is 10.0 Å². The SMILES string of the molecule is CCCCOC(=S)Nc1ccc(S(=O)(=O)Nc2ccc(Cl)nn2)cc1. The highest BCUT2D eigenvalue weighted by molar-refractivity contribution is 7.92. The monoisotopic (exact) mass is 400 g/mol. The summed E-state index contributed by atoms with van der Waals surface area (Å²) in [5.74, 6) is 0.0807. The van der Waals surface area contributed by atoms with Crippen LogP contribution in [0, 0.1) is 0 Å². The maximum Gasteiger partial charge on any atom is 0.263 e. The second kappa shape index (κ2) is 8.93. The maximum absolute atomic E-state index is 12.3. The highest BCUT2D eigenvalue weighted by Crippen LogP contribution is 2.17. The minimum Gasteiger partial charge on any atom is -0.471 e. The van der Waals surface area contributed by atoms with Gasteiger partial charge in [0.2, 0.25) is 0 Å². The van der Waals surface area contributed by atoms with E-state index in [9.17, 15) is 8.42 Å². The number of nitrogens with one attached hydrogen (secondary N) is 2. The van der Waals surface area contributed by atoms with Crippen molar-refractivity contribution in [3.63, 3.8) is 0 Å². The Morgan fingerprint density at radius 2 is 1.92 bits per heavy atom. The second-order valence-electron chi connectivity index (χ2n) is 4.99. The highest BCUT2D eigenvalue weighted by Gasteiger charge is 2.15. The molecule has 1 heterocycles. The van der Waals surface area contributed by atoms with E-state index in [4.69, 9.17) is 28.6 Å². The van der Waals surface area contributed by atoms with Crippen LogP contribution in [0.3, 0.4) is 0 Å². The molecule has 25 heavy (non-hydrogen) atoms. The van der Waals surface area contributed by atoms with Gasteiger partial charge in [0.1, 0.15) is 0 Å². The standard InChI is InChI=1S/C15H17ClN4O3S2/c1-2-3-10-23-15(24)17-11-4-6-12(7-5-11)25(21,22)20-14-9-8-13(16)18-19-14/h4-9H,2-3,10H2,1H3,(H,17,24)(H,19,20). The van der Waals surface area contributed by atoms with Crippen LogP contribution in [0.1, 0.15) is 19.8 Å². The van der Waals surface area contributed by atoms with Crippen LogP contribution >= 0.6 is 23.8 Å². The molecule has 7 nitrogen and oxygen atoms in total. The van der Waals surface area contributed by atoms with Crippen molar-refractivity contribution in [3.05, 3.63) is 41.6 Å². The van der Waals surface area contributed by atoms with E-state index in [1.165, 1.54) is 24.3 Å². The van der Waals surface area contributed by atoms with Crippen molar-refractivity contribution >= 4 is 50.5 Å². The first kappa shape index (κ1) is 19.4. The lowest BCUT2D eigenvalue weighted by atomic mass is 10.3. The molecule has 0 radical (unpaired) electrons. The first-order chi connectivity index (χ1) is 11.9. The van der Waals surface area contributed by atoms with Gasteiger partial charge in [0, 0.05) is 5.69 Å². The summed E-state index contributed by atoms with van der Waals surface area (Å²) in [4.78, 5) is 0.0765. The first-order valence-electron chi connectivity index (χ1n) is 7.46. The molecular formula is C15H17ClN4O3S2. The number of unbranched alkanes of at least 4 members (excludes halogenated alkanes) is 1. The Morgan fingerprint density at radius 3 is 2.52 bits per heavy atom. The average molecular weight is 401 g/mol. The Morgan fingerprint density at radius 1 is 1.20 bits per heavy atom. The number of anilines is 2. The molecule has 0 bridgehead atoms. The number of benzene rings is 1. The smallest absolute Gasteiger partial charge is 0.263 e. The normalized spacial score (nSPS) is 11.0. The second-order valence-corrected chi connectivity index (χ2v) is 7.43. The van der Waals surface area contributed by atoms with Crippen molar-refractivity contribution in [2.75, 3.05) is 16.6 Å². The molecular weight excluding hydrogens is 384 g/mol. The van der Waals surface area contributed by atoms with E-state index < -0.39 is 10.0 Å². The lowest BCUT2D eigenvalue weighted by Crippen LogP contribution is -2.15. The third-order valence-corrected chi connectivity index (χ3v) is 4.81. The van der Waals surface area contributed by atoms with Gasteiger partial charge < -0.3 is 10.1 Å². The molecule has 0 spiro atoms. The summed E-state index contributed by atoms with van der Waals surface area (Å²) in [5, 5.41) is 10.6. The summed E-state index contributed by atoms with van der Waals surface area (Å²) in [5.41, 5.74) is 0.631. The summed E-state index contributed by atoms with van der Waals surface area (Å²) in [6.07, 6.45) is 1.93. The van der Waals surface area contributed by atoms with E-state index in [-0.39, 0.29) is 21.0 Å². The Balaban J connectivity index is 2.00. The molecule has 10 heteroatoms. The molecule has 0 unspecified atom stereocenters. The largest absolute Gasteiger partial charge is 0.471 e. The van der Waals surface area contributed by atoms with Crippen LogP contribution in [-0.2, 0) is 14.8 Å². The fourth-order valence-corrected chi connectivity index (χ4v) is 3.05. The molecule has 2 aromatic rings. The number of sulfonamides is 1. The van der Waals surface area contributed by atoms with Gasteiger partial charge in [0.05, 0.1) is 11.5 Å². The van der Waals surface area contributed by atoms with E-state index in [2.05, 4.69) is 27.2 Å². The zero-order valence-electron chi connectivity index (χ0n) is 13.4. The fourth-order valence-electron chi connectivity index (χ4n) is 1.75. The minimum absolute atomic E-state index is 0.0765. The third kappa shape index (κ3) is 6.11. The molecule has 2 rings (SSSR count). The van der Waals surface area contributed by atoms with E-state index in [0.29, 0.717) is 12.3 Å². The molecule has 0 atom stereocenters. The van der Waals surface area contributed by atoms with Crippen LogP contribution in [0.4, 0.5) is 11.5 Å². The van der Waals surface area contributed by atoms with Crippen LogP contribution in [-0.4, -0.2) is 30.4 Å². The summed E-state index contributed by atoms with van der Waals surface area (Å²) < 4.78 is 32.3. The molecule has 0 aliphatic heterocycles. The van der Waals surface area contributed by atoms with Gasteiger partial charge in [-0.15, -0.1) is 10.2 Å². The molecule has 2 N–H and O–H groups in total. The van der Waals surface area contributed by atoms with Gasteiger partial charge in [-0.05, 0) is 55.0 Å². The molecule has 0 aliphatic carbocycles. The van der Waals surface area contributed by atoms with E-state index in [0.717, 1.165) is 12.8 Å². The number of ether oxygens (including phenoxy) is 1. The number of hydrogen-bond donors (Lipinski definition) is 2. The van der Waals surface area contributed by atoms with Crippen LogP contribution in [0.5, 0.6) is 0 Å². The number of aromatic nitrogens is 2. The predicted octanol–water partition coefficient (Wildman–Crippen LogP) is 3.44. The molecule has 1 aromatic heterocycles. The van der Waals surface area contributed by atoms with Crippen molar-refractivity contribution in [2.45, 2.75) is 24.7 Å². The van der Waals surface area contributed by atoms with Crippen molar-refractivity contribution in [1.29, 1.82) is 0 Å².